The van der Waals surface area contributed by atoms with Crippen molar-refractivity contribution < 1.29 is 13.2 Å². The molecule has 0 aliphatic carbocycles. The van der Waals surface area contributed by atoms with Crippen molar-refractivity contribution in [2.45, 2.75) is 30.6 Å². The second kappa shape index (κ2) is 5.35. The molecule has 1 saturated heterocycles. The van der Waals surface area contributed by atoms with Crippen LogP contribution in [0.2, 0.25) is 0 Å². The van der Waals surface area contributed by atoms with E-state index in [0.29, 0.717) is 24.7 Å². The molecule has 2 rings (SSSR count). The van der Waals surface area contributed by atoms with Gasteiger partial charge in [0.1, 0.15) is 0 Å². The zero-order valence-electron chi connectivity index (χ0n) is 11.3. The first kappa shape index (κ1) is 14.7. The van der Waals surface area contributed by atoms with Crippen LogP contribution in [-0.4, -0.2) is 44.0 Å². The van der Waals surface area contributed by atoms with Gasteiger partial charge in [0.2, 0.25) is 0 Å². The number of nitrogen functional groups attached to an aromatic ring is 1. The first-order valence-corrected chi connectivity index (χ1v) is 8.37. The van der Waals surface area contributed by atoms with Gasteiger partial charge in [-0.25, -0.2) is 13.4 Å². The molecule has 8 heteroatoms. The van der Waals surface area contributed by atoms with Gasteiger partial charge in [-0.15, -0.1) is 0 Å². The van der Waals surface area contributed by atoms with Crippen LogP contribution >= 0.6 is 11.3 Å². The van der Waals surface area contributed by atoms with E-state index >= 15 is 0 Å². The standard InChI is InChI=1S/C11H19N3O3S2/c1-7-4-5-14(6-9(7)17-3)19(15,16)10-8(2)13-11(12)18-10/h7,9H,4-6H2,1-3H3,(H2,12,13). The lowest BCUT2D eigenvalue weighted by atomic mass is 9.97. The van der Waals surface area contributed by atoms with E-state index < -0.39 is 10.0 Å². The summed E-state index contributed by atoms with van der Waals surface area (Å²) in [7, 11) is -1.89. The summed E-state index contributed by atoms with van der Waals surface area (Å²) in [6.07, 6.45) is 0.736. The van der Waals surface area contributed by atoms with Crippen molar-refractivity contribution in [3.05, 3.63) is 5.69 Å². The Kier molecular flexibility index (Phi) is 4.14. The average molecular weight is 305 g/mol. The van der Waals surface area contributed by atoms with Crippen molar-refractivity contribution >= 4 is 26.5 Å². The predicted molar refractivity (Wildman–Crippen MR) is 74.6 cm³/mol. The highest BCUT2D eigenvalue weighted by Crippen LogP contribution is 2.31. The van der Waals surface area contributed by atoms with E-state index in [1.165, 1.54) is 4.31 Å². The van der Waals surface area contributed by atoms with Crippen LogP contribution in [-0.2, 0) is 14.8 Å². The SMILES string of the molecule is COC1CN(S(=O)(=O)c2sc(N)nc2C)CCC1C. The van der Waals surface area contributed by atoms with E-state index in [1.54, 1.807) is 14.0 Å². The van der Waals surface area contributed by atoms with Crippen LogP contribution in [0.5, 0.6) is 0 Å². The van der Waals surface area contributed by atoms with Gasteiger partial charge in [-0.1, -0.05) is 18.3 Å². The number of piperidine rings is 1. The van der Waals surface area contributed by atoms with Crippen LogP contribution in [0.25, 0.3) is 0 Å². The molecule has 0 radical (unpaired) electrons. The summed E-state index contributed by atoms with van der Waals surface area (Å²) in [6, 6.07) is 0. The third kappa shape index (κ3) is 2.76. The second-order valence-corrected chi connectivity index (χ2v) is 7.99. The Labute approximate surface area is 117 Å². The first-order valence-electron chi connectivity index (χ1n) is 6.12. The molecular formula is C11H19N3O3S2. The van der Waals surface area contributed by atoms with Crippen LogP contribution in [0.1, 0.15) is 19.0 Å². The molecule has 2 unspecified atom stereocenters. The van der Waals surface area contributed by atoms with Crippen LogP contribution in [0, 0.1) is 12.8 Å². The largest absolute Gasteiger partial charge is 0.380 e. The van der Waals surface area contributed by atoms with Gasteiger partial charge in [-0.3, -0.25) is 0 Å². The third-order valence-corrected chi connectivity index (χ3v) is 6.94. The van der Waals surface area contributed by atoms with Crippen LogP contribution in [0.3, 0.4) is 0 Å². The number of thiazole rings is 1. The molecule has 2 N–H and O–H groups in total. The molecule has 6 nitrogen and oxygen atoms in total. The molecule has 0 amide bonds. The minimum atomic E-state index is -3.51. The van der Waals surface area contributed by atoms with Gasteiger partial charge < -0.3 is 10.5 Å². The zero-order valence-corrected chi connectivity index (χ0v) is 12.9. The topological polar surface area (TPSA) is 85.5 Å². The van der Waals surface area contributed by atoms with E-state index in [9.17, 15) is 8.42 Å². The van der Waals surface area contributed by atoms with Crippen molar-refractivity contribution in [2.75, 3.05) is 25.9 Å². The number of hydrogen-bond donors (Lipinski definition) is 1. The first-order chi connectivity index (χ1) is 8.86. The van der Waals surface area contributed by atoms with Crippen LogP contribution < -0.4 is 5.73 Å². The highest BCUT2D eigenvalue weighted by molar-refractivity contribution is 7.91. The van der Waals surface area contributed by atoms with Gasteiger partial charge in [0.05, 0.1) is 11.8 Å². The van der Waals surface area contributed by atoms with E-state index in [1.807, 2.05) is 0 Å². The zero-order chi connectivity index (χ0) is 14.2. The quantitative estimate of drug-likeness (QED) is 0.903. The highest BCUT2D eigenvalue weighted by Gasteiger charge is 2.35. The van der Waals surface area contributed by atoms with Crippen LogP contribution in [0.15, 0.2) is 4.21 Å². The number of anilines is 1. The minimum Gasteiger partial charge on any atom is -0.380 e. The fraction of sp³-hybridized carbons (Fsp3) is 0.727. The van der Waals surface area contributed by atoms with Crippen molar-refractivity contribution in [3.63, 3.8) is 0 Å². The summed E-state index contributed by atoms with van der Waals surface area (Å²) in [5.41, 5.74) is 6.05. The number of sulfonamides is 1. The van der Waals surface area contributed by atoms with Gasteiger partial charge in [0.25, 0.3) is 10.0 Å². The lowest BCUT2D eigenvalue weighted by molar-refractivity contribution is 0.0184. The molecule has 2 atom stereocenters. The lowest BCUT2D eigenvalue weighted by Crippen LogP contribution is -2.46. The molecule has 0 aromatic carbocycles. The third-order valence-electron chi connectivity index (χ3n) is 3.50. The maximum atomic E-state index is 12.6. The molecule has 0 spiro atoms. The van der Waals surface area contributed by atoms with Crippen molar-refractivity contribution in [3.8, 4) is 0 Å². The number of ether oxygens (including phenoxy) is 1. The number of methoxy groups -OCH3 is 1. The molecule has 108 valence electrons. The molecule has 0 saturated carbocycles. The highest BCUT2D eigenvalue weighted by atomic mass is 32.2. The fourth-order valence-electron chi connectivity index (χ4n) is 2.29. The van der Waals surface area contributed by atoms with Crippen LogP contribution in [0.4, 0.5) is 5.13 Å². The Morgan fingerprint density at radius 2 is 2.21 bits per heavy atom. The summed E-state index contributed by atoms with van der Waals surface area (Å²) in [4.78, 5) is 3.99. The van der Waals surface area contributed by atoms with Gasteiger partial charge in [0, 0.05) is 20.2 Å². The number of hydrogen-bond acceptors (Lipinski definition) is 6. The summed E-state index contributed by atoms with van der Waals surface area (Å²) in [5.74, 6) is 0.365. The molecule has 1 aromatic heterocycles. The Morgan fingerprint density at radius 1 is 1.53 bits per heavy atom. The summed E-state index contributed by atoms with van der Waals surface area (Å²) in [5, 5.41) is 0.282. The molecule has 1 aromatic rings. The Hall–Kier alpha value is -0.700. The summed E-state index contributed by atoms with van der Waals surface area (Å²) in [6.45, 7) is 4.64. The number of aromatic nitrogens is 1. The van der Waals surface area contributed by atoms with E-state index in [4.69, 9.17) is 10.5 Å². The number of rotatable bonds is 3. The number of nitrogens with zero attached hydrogens (tertiary/aromatic N) is 2. The molecule has 0 bridgehead atoms. The van der Waals surface area contributed by atoms with E-state index in [-0.39, 0.29) is 15.4 Å². The summed E-state index contributed by atoms with van der Waals surface area (Å²) < 4.78 is 32.2. The maximum Gasteiger partial charge on any atom is 0.254 e. The monoisotopic (exact) mass is 305 g/mol. The summed E-state index contributed by atoms with van der Waals surface area (Å²) >= 11 is 1.02. The predicted octanol–water partition coefficient (Wildman–Crippen LogP) is 1.08. The maximum absolute atomic E-state index is 12.6. The van der Waals surface area contributed by atoms with Gasteiger partial charge >= 0.3 is 0 Å². The number of nitrogens with two attached hydrogens (primary N) is 1. The average Bonchev–Trinajstić information content (AvgIpc) is 2.69. The lowest BCUT2D eigenvalue weighted by Gasteiger charge is -2.35. The van der Waals surface area contributed by atoms with Gasteiger partial charge in [-0.2, -0.15) is 4.31 Å². The molecule has 19 heavy (non-hydrogen) atoms. The molecule has 1 aliphatic heterocycles. The number of aryl methyl sites for hydroxylation is 1. The van der Waals surface area contributed by atoms with Crippen molar-refractivity contribution in [2.24, 2.45) is 5.92 Å². The van der Waals surface area contributed by atoms with Crippen molar-refractivity contribution in [1.82, 2.24) is 9.29 Å². The Balaban J connectivity index is 2.28. The minimum absolute atomic E-state index is 0.0610. The second-order valence-electron chi connectivity index (χ2n) is 4.83. The molecule has 1 fully saturated rings. The molecular weight excluding hydrogens is 286 g/mol. The molecule has 2 heterocycles. The fourth-order valence-corrected chi connectivity index (χ4v) is 5.19. The normalized spacial score (nSPS) is 25.6. The van der Waals surface area contributed by atoms with Gasteiger partial charge in [0.15, 0.2) is 9.34 Å². The Morgan fingerprint density at radius 3 is 2.74 bits per heavy atom. The smallest absolute Gasteiger partial charge is 0.254 e. The van der Waals surface area contributed by atoms with E-state index in [2.05, 4.69) is 11.9 Å². The van der Waals surface area contributed by atoms with Gasteiger partial charge in [-0.05, 0) is 19.3 Å². The molecule has 1 aliphatic rings. The van der Waals surface area contributed by atoms with E-state index in [0.717, 1.165) is 17.8 Å². The van der Waals surface area contributed by atoms with Crippen molar-refractivity contribution in [1.29, 1.82) is 0 Å². The Bertz CT molecular complexity index is 556.